The topological polar surface area (TPSA) is 26.3 Å². The van der Waals surface area contributed by atoms with Crippen molar-refractivity contribution in [2.75, 3.05) is 6.61 Å². The Labute approximate surface area is 116 Å². The molecular weight excluding hydrogens is 236 g/mol. The molecule has 0 unspecified atom stereocenters. The van der Waals surface area contributed by atoms with E-state index in [0.29, 0.717) is 12.5 Å². The van der Waals surface area contributed by atoms with Gasteiger partial charge >= 0.3 is 5.97 Å². The molecule has 0 saturated carbocycles. The van der Waals surface area contributed by atoms with Crippen LogP contribution < -0.4 is 0 Å². The van der Waals surface area contributed by atoms with E-state index in [9.17, 15) is 4.79 Å². The molecule has 0 atom stereocenters. The van der Waals surface area contributed by atoms with Crippen LogP contribution in [0.1, 0.15) is 45.2 Å². The smallest absolute Gasteiger partial charge is 0.331 e. The largest absolute Gasteiger partial charge is 0.463 e. The molecule has 0 radical (unpaired) electrons. The highest BCUT2D eigenvalue weighted by atomic mass is 16.5. The second-order valence-electron chi connectivity index (χ2n) is 5.07. The third-order valence-corrected chi connectivity index (χ3v) is 2.93. The lowest BCUT2D eigenvalue weighted by Crippen LogP contribution is -2.01. The number of esters is 1. The summed E-state index contributed by atoms with van der Waals surface area (Å²) in [6.45, 7) is 8.71. The first-order valence-corrected chi connectivity index (χ1v) is 7.03. The van der Waals surface area contributed by atoms with Crippen molar-refractivity contribution >= 4 is 11.5 Å². The van der Waals surface area contributed by atoms with Crippen LogP contribution in [0.3, 0.4) is 0 Å². The summed E-state index contributed by atoms with van der Waals surface area (Å²) in [4.78, 5) is 11.5. The average Bonchev–Trinajstić information content (AvgIpc) is 2.37. The molecule has 0 aliphatic carbocycles. The van der Waals surface area contributed by atoms with Crippen LogP contribution in [0.2, 0.25) is 0 Å². The molecule has 0 aliphatic rings. The third kappa shape index (κ3) is 5.29. The number of hydrogen-bond donors (Lipinski definition) is 0. The third-order valence-electron chi connectivity index (χ3n) is 2.93. The Morgan fingerprint density at radius 2 is 1.84 bits per heavy atom. The SMILES string of the molecule is CCOC(=O)C=C(CC)c1ccc(CC(C)C)cc1. The predicted octanol–water partition coefficient (Wildman–Crippen LogP) is 4.24. The van der Waals surface area contributed by atoms with Crippen LogP contribution in [-0.4, -0.2) is 12.6 Å². The minimum Gasteiger partial charge on any atom is -0.463 e. The number of carbonyl (C=O) groups is 1. The first-order chi connectivity index (χ1) is 9.06. The predicted molar refractivity (Wildman–Crippen MR) is 79.9 cm³/mol. The van der Waals surface area contributed by atoms with Gasteiger partial charge in [-0.1, -0.05) is 45.0 Å². The van der Waals surface area contributed by atoms with Gasteiger partial charge in [0.25, 0.3) is 0 Å². The Bertz CT molecular complexity index is 427. The Balaban J connectivity index is 2.85. The summed E-state index contributed by atoms with van der Waals surface area (Å²) >= 11 is 0. The highest BCUT2D eigenvalue weighted by Gasteiger charge is 2.04. The highest BCUT2D eigenvalue weighted by Crippen LogP contribution is 2.19. The molecule has 2 nitrogen and oxygen atoms in total. The molecule has 0 aliphatic heterocycles. The molecule has 0 fully saturated rings. The van der Waals surface area contributed by atoms with Crippen molar-refractivity contribution in [2.45, 2.75) is 40.5 Å². The molecule has 1 rings (SSSR count). The molecule has 0 bridgehead atoms. The number of allylic oxidation sites excluding steroid dienone is 1. The van der Waals surface area contributed by atoms with Gasteiger partial charge in [-0.15, -0.1) is 0 Å². The van der Waals surface area contributed by atoms with E-state index < -0.39 is 0 Å². The van der Waals surface area contributed by atoms with Crippen LogP contribution in [0.4, 0.5) is 0 Å². The van der Waals surface area contributed by atoms with Gasteiger partial charge in [0.1, 0.15) is 0 Å². The molecule has 0 N–H and O–H groups in total. The average molecular weight is 260 g/mol. The number of carbonyl (C=O) groups excluding carboxylic acids is 1. The van der Waals surface area contributed by atoms with Gasteiger partial charge in [-0.25, -0.2) is 4.79 Å². The second-order valence-corrected chi connectivity index (χ2v) is 5.07. The molecular formula is C17H24O2. The van der Waals surface area contributed by atoms with Gasteiger partial charge in [0.05, 0.1) is 6.61 Å². The van der Waals surface area contributed by atoms with Gasteiger partial charge in [0, 0.05) is 6.08 Å². The van der Waals surface area contributed by atoms with Crippen molar-refractivity contribution in [3.8, 4) is 0 Å². The molecule has 104 valence electrons. The summed E-state index contributed by atoms with van der Waals surface area (Å²) in [6, 6.07) is 8.46. The number of rotatable bonds is 6. The van der Waals surface area contributed by atoms with Gasteiger partial charge in [-0.2, -0.15) is 0 Å². The Kier molecular flexibility index (Phi) is 6.34. The summed E-state index contributed by atoms with van der Waals surface area (Å²) in [6.07, 6.45) is 3.51. The maximum Gasteiger partial charge on any atom is 0.331 e. The zero-order valence-corrected chi connectivity index (χ0v) is 12.4. The monoisotopic (exact) mass is 260 g/mol. The zero-order valence-electron chi connectivity index (χ0n) is 12.4. The quantitative estimate of drug-likeness (QED) is 0.565. The number of ether oxygens (including phenoxy) is 1. The van der Waals surface area contributed by atoms with E-state index in [1.807, 2.05) is 13.8 Å². The Morgan fingerprint density at radius 1 is 1.21 bits per heavy atom. The lowest BCUT2D eigenvalue weighted by atomic mass is 9.98. The van der Waals surface area contributed by atoms with Crippen LogP contribution in [0.25, 0.3) is 5.57 Å². The summed E-state index contributed by atoms with van der Waals surface area (Å²) < 4.78 is 4.96. The van der Waals surface area contributed by atoms with Gasteiger partial charge in [-0.05, 0) is 42.4 Å². The van der Waals surface area contributed by atoms with Crippen molar-refractivity contribution in [3.63, 3.8) is 0 Å². The van der Waals surface area contributed by atoms with Gasteiger partial charge in [0.15, 0.2) is 0 Å². The van der Waals surface area contributed by atoms with Crippen molar-refractivity contribution in [3.05, 3.63) is 41.5 Å². The lowest BCUT2D eigenvalue weighted by molar-refractivity contribution is -0.137. The van der Waals surface area contributed by atoms with E-state index in [0.717, 1.165) is 24.0 Å². The molecule has 0 saturated heterocycles. The Morgan fingerprint density at radius 3 is 2.32 bits per heavy atom. The molecule has 0 spiro atoms. The van der Waals surface area contributed by atoms with E-state index in [1.54, 1.807) is 6.08 Å². The standard InChI is InChI=1S/C17H24O2/c1-5-15(12-17(18)19-6-2)16-9-7-14(8-10-16)11-13(3)4/h7-10,12-13H,5-6,11H2,1-4H3. The first-order valence-electron chi connectivity index (χ1n) is 7.03. The van der Waals surface area contributed by atoms with Crippen molar-refractivity contribution in [1.82, 2.24) is 0 Å². The molecule has 1 aromatic carbocycles. The summed E-state index contributed by atoms with van der Waals surface area (Å²) in [5.41, 5.74) is 3.46. The second kappa shape index (κ2) is 7.78. The van der Waals surface area contributed by atoms with Crippen LogP contribution in [-0.2, 0) is 16.0 Å². The van der Waals surface area contributed by atoms with Crippen LogP contribution in [0.15, 0.2) is 30.3 Å². The molecule has 0 amide bonds. The minimum atomic E-state index is -0.259. The lowest BCUT2D eigenvalue weighted by Gasteiger charge is -2.08. The highest BCUT2D eigenvalue weighted by molar-refractivity contribution is 5.91. The molecule has 2 heteroatoms. The van der Waals surface area contributed by atoms with Gasteiger partial charge < -0.3 is 4.74 Å². The molecule has 0 aromatic heterocycles. The van der Waals surface area contributed by atoms with Crippen molar-refractivity contribution in [1.29, 1.82) is 0 Å². The maximum absolute atomic E-state index is 11.5. The van der Waals surface area contributed by atoms with Crippen LogP contribution >= 0.6 is 0 Å². The van der Waals surface area contributed by atoms with Crippen molar-refractivity contribution < 1.29 is 9.53 Å². The van der Waals surface area contributed by atoms with Gasteiger partial charge in [-0.3, -0.25) is 0 Å². The molecule has 0 heterocycles. The maximum atomic E-state index is 11.5. The Hall–Kier alpha value is -1.57. The van der Waals surface area contributed by atoms with E-state index in [1.165, 1.54) is 5.56 Å². The van der Waals surface area contributed by atoms with E-state index in [2.05, 4.69) is 38.1 Å². The fraction of sp³-hybridized carbons (Fsp3) is 0.471. The normalized spacial score (nSPS) is 11.7. The fourth-order valence-corrected chi connectivity index (χ4v) is 2.04. The fourth-order valence-electron chi connectivity index (χ4n) is 2.04. The zero-order chi connectivity index (χ0) is 14.3. The molecule has 1 aromatic rings. The van der Waals surface area contributed by atoms with E-state index in [-0.39, 0.29) is 5.97 Å². The van der Waals surface area contributed by atoms with Gasteiger partial charge in [0.2, 0.25) is 0 Å². The van der Waals surface area contributed by atoms with Crippen LogP contribution in [0, 0.1) is 5.92 Å². The van der Waals surface area contributed by atoms with Crippen LogP contribution in [0.5, 0.6) is 0 Å². The molecule has 19 heavy (non-hydrogen) atoms. The number of benzene rings is 1. The number of hydrogen-bond acceptors (Lipinski definition) is 2. The summed E-state index contributed by atoms with van der Waals surface area (Å²) in [7, 11) is 0. The van der Waals surface area contributed by atoms with E-state index in [4.69, 9.17) is 4.74 Å². The summed E-state index contributed by atoms with van der Waals surface area (Å²) in [5, 5.41) is 0. The van der Waals surface area contributed by atoms with Crippen molar-refractivity contribution in [2.24, 2.45) is 5.92 Å². The minimum absolute atomic E-state index is 0.259. The summed E-state index contributed by atoms with van der Waals surface area (Å²) in [5.74, 6) is 0.400. The first kappa shape index (κ1) is 15.5. The van der Waals surface area contributed by atoms with E-state index >= 15 is 0 Å².